The number of rotatable bonds is 3. The smallest absolute Gasteiger partial charge is 0.140 e. The summed E-state index contributed by atoms with van der Waals surface area (Å²) in [7, 11) is 5.34. The Hall–Kier alpha value is -2.49. The van der Waals surface area contributed by atoms with E-state index in [1.807, 2.05) is 49.5 Å². The first-order valence-corrected chi connectivity index (χ1v) is 6.38. The van der Waals surface area contributed by atoms with Gasteiger partial charge in [-0.2, -0.15) is 0 Å². The third-order valence-corrected chi connectivity index (χ3v) is 3.44. The highest BCUT2D eigenvalue weighted by molar-refractivity contribution is 5.82. The second-order valence-electron chi connectivity index (χ2n) is 4.58. The molecule has 4 nitrogen and oxygen atoms in total. The zero-order valence-electron chi connectivity index (χ0n) is 11.8. The van der Waals surface area contributed by atoms with Gasteiger partial charge in [-0.05, 0) is 36.4 Å². The number of aryl methyl sites for hydroxylation is 1. The maximum Gasteiger partial charge on any atom is 0.140 e. The van der Waals surface area contributed by atoms with Crippen LogP contribution in [0.15, 0.2) is 42.5 Å². The maximum atomic E-state index is 5.26. The lowest BCUT2D eigenvalue weighted by Crippen LogP contribution is -1.93. The lowest BCUT2D eigenvalue weighted by Gasteiger charge is -2.04. The molecule has 0 radical (unpaired) electrons. The van der Waals surface area contributed by atoms with Crippen LogP contribution in [-0.2, 0) is 7.05 Å². The van der Waals surface area contributed by atoms with Crippen molar-refractivity contribution in [2.75, 3.05) is 14.2 Å². The number of ether oxygens (including phenoxy) is 2. The molecule has 0 aliphatic heterocycles. The minimum absolute atomic E-state index is 0.835. The molecular formula is C16H16N2O2. The first-order chi connectivity index (χ1) is 9.72. The van der Waals surface area contributed by atoms with Gasteiger partial charge in [-0.15, -0.1) is 0 Å². The molecule has 0 aliphatic carbocycles. The second kappa shape index (κ2) is 4.89. The molecule has 1 aromatic heterocycles. The summed E-state index contributed by atoms with van der Waals surface area (Å²) in [6.07, 6.45) is 0. The summed E-state index contributed by atoms with van der Waals surface area (Å²) in [5, 5.41) is 0. The highest BCUT2D eigenvalue weighted by Crippen LogP contribution is 2.27. The highest BCUT2D eigenvalue weighted by atomic mass is 16.5. The van der Waals surface area contributed by atoms with Crippen LogP contribution in [0.25, 0.3) is 22.4 Å². The molecule has 0 saturated carbocycles. The summed E-state index contributed by atoms with van der Waals surface area (Å²) >= 11 is 0. The monoisotopic (exact) mass is 268 g/mol. The van der Waals surface area contributed by atoms with E-state index in [0.29, 0.717) is 0 Å². The fourth-order valence-corrected chi connectivity index (χ4v) is 2.29. The van der Waals surface area contributed by atoms with Crippen LogP contribution >= 0.6 is 0 Å². The molecule has 0 fully saturated rings. The van der Waals surface area contributed by atoms with Crippen molar-refractivity contribution in [3.63, 3.8) is 0 Å². The molecule has 0 unspecified atom stereocenters. The Morgan fingerprint density at radius 1 is 0.900 bits per heavy atom. The SMILES string of the molecule is COc1ccc(-c2nc3ccc(OC)cc3n2C)cc1. The van der Waals surface area contributed by atoms with E-state index in [2.05, 4.69) is 9.55 Å². The number of benzene rings is 2. The zero-order chi connectivity index (χ0) is 14.1. The van der Waals surface area contributed by atoms with Crippen LogP contribution in [0.5, 0.6) is 11.5 Å². The molecule has 4 heteroatoms. The van der Waals surface area contributed by atoms with Gasteiger partial charge in [0, 0.05) is 18.7 Å². The molecule has 20 heavy (non-hydrogen) atoms. The maximum absolute atomic E-state index is 5.26. The Labute approximate surface area is 117 Å². The molecule has 1 heterocycles. The van der Waals surface area contributed by atoms with Crippen molar-refractivity contribution < 1.29 is 9.47 Å². The molecule has 0 amide bonds. The van der Waals surface area contributed by atoms with E-state index in [4.69, 9.17) is 9.47 Å². The minimum atomic E-state index is 0.835. The van der Waals surface area contributed by atoms with Gasteiger partial charge in [0.05, 0.1) is 25.3 Å². The predicted molar refractivity (Wildman–Crippen MR) is 79.3 cm³/mol. The summed E-state index contributed by atoms with van der Waals surface area (Å²) in [6, 6.07) is 13.8. The Kier molecular flexibility index (Phi) is 3.06. The summed E-state index contributed by atoms with van der Waals surface area (Å²) in [4.78, 5) is 4.68. The fraction of sp³-hybridized carbons (Fsp3) is 0.188. The van der Waals surface area contributed by atoms with Gasteiger partial charge in [-0.3, -0.25) is 0 Å². The van der Waals surface area contributed by atoms with Crippen LogP contribution in [0.1, 0.15) is 0 Å². The van der Waals surface area contributed by atoms with Crippen LogP contribution < -0.4 is 9.47 Å². The topological polar surface area (TPSA) is 36.3 Å². The fourth-order valence-electron chi connectivity index (χ4n) is 2.29. The Morgan fingerprint density at radius 2 is 1.55 bits per heavy atom. The third kappa shape index (κ3) is 1.99. The van der Waals surface area contributed by atoms with Gasteiger partial charge in [0.2, 0.25) is 0 Å². The van der Waals surface area contributed by atoms with Gasteiger partial charge < -0.3 is 14.0 Å². The molecule has 3 rings (SSSR count). The van der Waals surface area contributed by atoms with Crippen LogP contribution in [0.3, 0.4) is 0 Å². The molecule has 0 spiro atoms. The summed E-state index contributed by atoms with van der Waals surface area (Å²) < 4.78 is 12.5. The normalized spacial score (nSPS) is 10.8. The van der Waals surface area contributed by atoms with Gasteiger partial charge >= 0.3 is 0 Å². The number of methoxy groups -OCH3 is 2. The van der Waals surface area contributed by atoms with Crippen molar-refractivity contribution in [1.82, 2.24) is 9.55 Å². The van der Waals surface area contributed by atoms with Crippen LogP contribution in [0.4, 0.5) is 0 Å². The van der Waals surface area contributed by atoms with Gasteiger partial charge in [0.15, 0.2) is 0 Å². The third-order valence-electron chi connectivity index (χ3n) is 3.44. The molecular weight excluding hydrogens is 252 g/mol. The molecule has 0 saturated heterocycles. The largest absolute Gasteiger partial charge is 0.497 e. The number of aromatic nitrogens is 2. The lowest BCUT2D eigenvalue weighted by atomic mass is 10.2. The molecule has 2 aromatic carbocycles. The Morgan fingerprint density at radius 3 is 2.20 bits per heavy atom. The number of hydrogen-bond acceptors (Lipinski definition) is 3. The van der Waals surface area contributed by atoms with Crippen molar-refractivity contribution in [2.24, 2.45) is 7.05 Å². The van der Waals surface area contributed by atoms with Crippen molar-refractivity contribution in [3.8, 4) is 22.9 Å². The van der Waals surface area contributed by atoms with E-state index in [0.717, 1.165) is 33.9 Å². The van der Waals surface area contributed by atoms with Crippen molar-refractivity contribution in [2.45, 2.75) is 0 Å². The first-order valence-electron chi connectivity index (χ1n) is 6.38. The van der Waals surface area contributed by atoms with E-state index in [1.165, 1.54) is 0 Å². The van der Waals surface area contributed by atoms with E-state index in [-0.39, 0.29) is 0 Å². The van der Waals surface area contributed by atoms with Crippen LogP contribution in [0, 0.1) is 0 Å². The van der Waals surface area contributed by atoms with Crippen molar-refractivity contribution >= 4 is 11.0 Å². The van der Waals surface area contributed by atoms with Crippen molar-refractivity contribution in [1.29, 1.82) is 0 Å². The van der Waals surface area contributed by atoms with E-state index in [9.17, 15) is 0 Å². The summed E-state index contributed by atoms with van der Waals surface area (Å²) in [5.41, 5.74) is 3.07. The van der Waals surface area contributed by atoms with E-state index in [1.54, 1.807) is 14.2 Å². The lowest BCUT2D eigenvalue weighted by molar-refractivity contribution is 0.415. The van der Waals surface area contributed by atoms with Crippen molar-refractivity contribution in [3.05, 3.63) is 42.5 Å². The van der Waals surface area contributed by atoms with E-state index < -0.39 is 0 Å². The number of nitrogens with zero attached hydrogens (tertiary/aromatic N) is 2. The molecule has 0 aliphatic rings. The average molecular weight is 268 g/mol. The standard InChI is InChI=1S/C16H16N2O2/c1-18-15-10-13(20-3)8-9-14(15)17-16(18)11-4-6-12(19-2)7-5-11/h4-10H,1-3H3. The Bertz CT molecular complexity index is 745. The first kappa shape index (κ1) is 12.5. The molecule has 0 atom stereocenters. The molecule has 0 N–H and O–H groups in total. The minimum Gasteiger partial charge on any atom is -0.497 e. The molecule has 3 aromatic rings. The van der Waals surface area contributed by atoms with Gasteiger partial charge in [-0.1, -0.05) is 0 Å². The van der Waals surface area contributed by atoms with Gasteiger partial charge in [0.1, 0.15) is 17.3 Å². The van der Waals surface area contributed by atoms with Gasteiger partial charge in [-0.25, -0.2) is 4.98 Å². The highest BCUT2D eigenvalue weighted by Gasteiger charge is 2.10. The summed E-state index contributed by atoms with van der Waals surface area (Å²) in [5.74, 6) is 2.60. The number of hydrogen-bond donors (Lipinski definition) is 0. The van der Waals surface area contributed by atoms with E-state index >= 15 is 0 Å². The van der Waals surface area contributed by atoms with Crippen LogP contribution in [0.2, 0.25) is 0 Å². The number of imidazole rings is 1. The zero-order valence-corrected chi connectivity index (χ0v) is 11.8. The average Bonchev–Trinajstić information content (AvgIpc) is 2.84. The molecule has 102 valence electrons. The summed E-state index contributed by atoms with van der Waals surface area (Å²) in [6.45, 7) is 0. The van der Waals surface area contributed by atoms with Gasteiger partial charge in [0.25, 0.3) is 0 Å². The molecule has 0 bridgehead atoms. The predicted octanol–water partition coefficient (Wildman–Crippen LogP) is 3.26. The quantitative estimate of drug-likeness (QED) is 0.731. The second-order valence-corrected chi connectivity index (χ2v) is 4.58. The van der Waals surface area contributed by atoms with Crippen LogP contribution in [-0.4, -0.2) is 23.8 Å². The number of fused-ring (bicyclic) bond motifs is 1. The Balaban J connectivity index is 2.13.